The van der Waals surface area contributed by atoms with Gasteiger partial charge in [-0.25, -0.2) is 0 Å². The minimum absolute atomic E-state index is 0.0713. The fraction of sp³-hybridized carbons (Fsp3) is 0.857. The molecular weight excluding hydrogens is 214 g/mol. The highest BCUT2D eigenvalue weighted by molar-refractivity contribution is 5.78. The van der Waals surface area contributed by atoms with Crippen LogP contribution in [-0.4, -0.2) is 18.2 Å². The average Bonchev–Trinajstić information content (AvgIpc) is 2.14. The van der Waals surface area contributed by atoms with Gasteiger partial charge in [-0.05, 0) is 31.6 Å². The molecule has 1 amide bonds. The van der Waals surface area contributed by atoms with Gasteiger partial charge in [0.2, 0.25) is 5.91 Å². The van der Waals surface area contributed by atoms with Gasteiger partial charge in [0.25, 0.3) is 0 Å². The molecule has 0 aromatic rings. The Morgan fingerprint density at radius 3 is 2.18 bits per heavy atom. The van der Waals surface area contributed by atoms with E-state index in [4.69, 9.17) is 0 Å². The molecule has 3 heteroatoms. The van der Waals surface area contributed by atoms with E-state index < -0.39 is 0 Å². The number of unbranched alkanes of at least 4 members (excludes halogenated alkanes) is 1. The summed E-state index contributed by atoms with van der Waals surface area (Å²) in [6.45, 7) is 9.01. The van der Waals surface area contributed by atoms with Gasteiger partial charge in [-0.3, -0.25) is 4.79 Å². The molecule has 0 spiro atoms. The van der Waals surface area contributed by atoms with Crippen LogP contribution in [0, 0.1) is 5.41 Å². The lowest BCUT2D eigenvalue weighted by Crippen LogP contribution is -2.24. The van der Waals surface area contributed by atoms with Crippen LogP contribution < -0.4 is 5.32 Å². The summed E-state index contributed by atoms with van der Waals surface area (Å²) in [5, 5.41) is 2.89. The van der Waals surface area contributed by atoms with E-state index in [0.717, 1.165) is 19.4 Å². The minimum Gasteiger partial charge on any atom is -0.356 e. The van der Waals surface area contributed by atoms with Gasteiger partial charge < -0.3 is 10.1 Å². The van der Waals surface area contributed by atoms with Crippen molar-refractivity contribution < 1.29 is 9.59 Å². The van der Waals surface area contributed by atoms with Gasteiger partial charge in [0, 0.05) is 19.4 Å². The van der Waals surface area contributed by atoms with E-state index >= 15 is 0 Å². The number of amides is 1. The predicted molar refractivity (Wildman–Crippen MR) is 70.8 cm³/mol. The van der Waals surface area contributed by atoms with Crippen molar-refractivity contribution in [2.75, 3.05) is 6.54 Å². The van der Waals surface area contributed by atoms with E-state index in [-0.39, 0.29) is 11.7 Å². The number of ketones is 1. The first kappa shape index (κ1) is 16.1. The maximum absolute atomic E-state index is 11.4. The van der Waals surface area contributed by atoms with Crippen LogP contribution in [0.2, 0.25) is 0 Å². The van der Waals surface area contributed by atoms with E-state index in [1.54, 1.807) is 6.92 Å². The van der Waals surface area contributed by atoms with E-state index in [9.17, 15) is 9.59 Å². The van der Waals surface area contributed by atoms with Crippen LogP contribution in [0.5, 0.6) is 0 Å². The van der Waals surface area contributed by atoms with Crippen LogP contribution in [-0.2, 0) is 9.59 Å². The Hall–Kier alpha value is -0.860. The van der Waals surface area contributed by atoms with Crippen molar-refractivity contribution in [2.45, 2.75) is 66.2 Å². The summed E-state index contributed by atoms with van der Waals surface area (Å²) in [4.78, 5) is 22.0. The summed E-state index contributed by atoms with van der Waals surface area (Å²) in [5.74, 6) is 0.227. The molecule has 0 radical (unpaired) electrons. The van der Waals surface area contributed by atoms with Crippen LogP contribution in [0.15, 0.2) is 0 Å². The molecule has 0 fully saturated rings. The molecule has 0 aliphatic heterocycles. The molecule has 0 saturated carbocycles. The maximum Gasteiger partial charge on any atom is 0.220 e. The molecule has 0 aliphatic rings. The Labute approximate surface area is 105 Å². The molecule has 17 heavy (non-hydrogen) atoms. The van der Waals surface area contributed by atoms with Gasteiger partial charge >= 0.3 is 0 Å². The maximum atomic E-state index is 11.4. The Bertz CT molecular complexity index is 241. The van der Waals surface area contributed by atoms with E-state index in [1.807, 2.05) is 0 Å². The van der Waals surface area contributed by atoms with Crippen LogP contribution in [0.1, 0.15) is 66.2 Å². The highest BCUT2D eigenvalue weighted by Gasteiger charge is 2.09. The van der Waals surface area contributed by atoms with Crippen molar-refractivity contribution in [3.05, 3.63) is 0 Å². The third-order valence-corrected chi connectivity index (χ3v) is 2.61. The zero-order chi connectivity index (χ0) is 13.3. The molecule has 1 N–H and O–H groups in total. The Morgan fingerprint density at radius 1 is 1.00 bits per heavy atom. The summed E-state index contributed by atoms with van der Waals surface area (Å²) in [7, 11) is 0. The van der Waals surface area contributed by atoms with Gasteiger partial charge in [-0.1, -0.05) is 27.2 Å². The monoisotopic (exact) mass is 241 g/mol. The van der Waals surface area contributed by atoms with Crippen molar-refractivity contribution >= 4 is 11.7 Å². The zero-order valence-electron chi connectivity index (χ0n) is 11.8. The fourth-order valence-electron chi connectivity index (χ4n) is 1.59. The van der Waals surface area contributed by atoms with Gasteiger partial charge in [0.1, 0.15) is 5.78 Å². The Balaban J connectivity index is 3.37. The summed E-state index contributed by atoms with van der Waals surface area (Å²) < 4.78 is 0. The van der Waals surface area contributed by atoms with Gasteiger partial charge in [-0.2, -0.15) is 0 Å². The number of carbonyl (C=O) groups is 2. The quantitative estimate of drug-likeness (QED) is 0.664. The number of rotatable bonds is 8. The Morgan fingerprint density at radius 2 is 1.65 bits per heavy atom. The SMILES string of the molecule is CC(=O)CCCC(=O)NCCCCC(C)(C)C. The first-order chi connectivity index (χ1) is 7.81. The first-order valence-electron chi connectivity index (χ1n) is 6.57. The molecule has 0 aromatic carbocycles. The number of hydrogen-bond donors (Lipinski definition) is 1. The molecule has 0 heterocycles. The average molecular weight is 241 g/mol. The van der Waals surface area contributed by atoms with E-state index in [0.29, 0.717) is 24.7 Å². The number of Topliss-reactive ketones (excluding diaryl/α,β-unsaturated/α-hetero) is 1. The second-order valence-electron chi connectivity index (χ2n) is 5.92. The van der Waals surface area contributed by atoms with Gasteiger partial charge in [0.15, 0.2) is 0 Å². The van der Waals surface area contributed by atoms with Gasteiger partial charge in [0.05, 0.1) is 0 Å². The summed E-state index contributed by atoms with van der Waals surface area (Å²) >= 11 is 0. The number of hydrogen-bond acceptors (Lipinski definition) is 2. The lowest BCUT2D eigenvalue weighted by Gasteiger charge is -2.17. The predicted octanol–water partition coefficient (Wildman–Crippen LogP) is 3.08. The summed E-state index contributed by atoms with van der Waals surface area (Å²) in [6, 6.07) is 0. The molecular formula is C14H27NO2. The molecule has 0 unspecified atom stereocenters. The second kappa shape index (κ2) is 8.26. The molecule has 100 valence electrons. The lowest BCUT2D eigenvalue weighted by atomic mass is 9.90. The van der Waals surface area contributed by atoms with Crippen molar-refractivity contribution in [3.8, 4) is 0 Å². The summed E-state index contributed by atoms with van der Waals surface area (Å²) in [6.07, 6.45) is 5.03. The molecule has 0 aromatic heterocycles. The van der Waals surface area contributed by atoms with Crippen molar-refractivity contribution in [1.82, 2.24) is 5.32 Å². The van der Waals surface area contributed by atoms with Crippen molar-refractivity contribution in [1.29, 1.82) is 0 Å². The summed E-state index contributed by atoms with van der Waals surface area (Å²) in [5.41, 5.74) is 0.380. The lowest BCUT2D eigenvalue weighted by molar-refractivity contribution is -0.121. The topological polar surface area (TPSA) is 46.2 Å². The third kappa shape index (κ3) is 13.1. The number of carbonyl (C=O) groups excluding carboxylic acids is 2. The highest BCUT2D eigenvalue weighted by Crippen LogP contribution is 2.21. The fourth-order valence-corrected chi connectivity index (χ4v) is 1.59. The zero-order valence-corrected chi connectivity index (χ0v) is 11.8. The van der Waals surface area contributed by atoms with Crippen LogP contribution in [0.3, 0.4) is 0 Å². The molecule has 0 rings (SSSR count). The molecule has 0 bridgehead atoms. The van der Waals surface area contributed by atoms with Crippen molar-refractivity contribution in [3.63, 3.8) is 0 Å². The first-order valence-corrected chi connectivity index (χ1v) is 6.57. The minimum atomic E-state index is 0.0713. The van der Waals surface area contributed by atoms with Crippen LogP contribution in [0.4, 0.5) is 0 Å². The standard InChI is InChI=1S/C14H27NO2/c1-12(16)8-7-9-13(17)15-11-6-5-10-14(2,3)4/h5-11H2,1-4H3,(H,15,17). The van der Waals surface area contributed by atoms with E-state index in [2.05, 4.69) is 26.1 Å². The van der Waals surface area contributed by atoms with E-state index in [1.165, 1.54) is 6.42 Å². The molecule has 0 saturated heterocycles. The molecule has 0 aliphatic carbocycles. The second-order valence-corrected chi connectivity index (χ2v) is 5.92. The van der Waals surface area contributed by atoms with Gasteiger partial charge in [-0.15, -0.1) is 0 Å². The van der Waals surface area contributed by atoms with Crippen molar-refractivity contribution in [2.24, 2.45) is 5.41 Å². The largest absolute Gasteiger partial charge is 0.356 e. The smallest absolute Gasteiger partial charge is 0.220 e. The number of nitrogens with one attached hydrogen (secondary N) is 1. The molecule has 0 atom stereocenters. The van der Waals surface area contributed by atoms with Crippen LogP contribution >= 0.6 is 0 Å². The molecule has 3 nitrogen and oxygen atoms in total. The third-order valence-electron chi connectivity index (χ3n) is 2.61. The normalized spacial score (nSPS) is 11.3. The van der Waals surface area contributed by atoms with Crippen LogP contribution in [0.25, 0.3) is 0 Å². The Kier molecular flexibility index (Phi) is 7.85. The highest BCUT2D eigenvalue weighted by atomic mass is 16.1.